The second-order valence-corrected chi connectivity index (χ2v) is 5.71. The second kappa shape index (κ2) is 6.31. The number of imidazole rings is 1. The third kappa shape index (κ3) is 3.10. The smallest absolute Gasteiger partial charge is 0.121 e. The summed E-state index contributed by atoms with van der Waals surface area (Å²) >= 11 is 0. The molecule has 0 spiro atoms. The van der Waals surface area contributed by atoms with E-state index in [0.717, 1.165) is 30.9 Å². The molecule has 1 fully saturated rings. The van der Waals surface area contributed by atoms with Gasteiger partial charge in [0, 0.05) is 30.4 Å². The Morgan fingerprint density at radius 2 is 2.38 bits per heavy atom. The molecule has 2 aromatic rings. The molecule has 112 valence electrons. The monoisotopic (exact) mass is 285 g/mol. The van der Waals surface area contributed by atoms with Gasteiger partial charge in [0.25, 0.3) is 0 Å². The maximum Gasteiger partial charge on any atom is 0.121 e. The zero-order valence-corrected chi connectivity index (χ0v) is 12.7. The SMILES string of the molecule is CCC(C)Oc1cccc(-n2cncc2C2CCNC2)c1. The summed E-state index contributed by atoms with van der Waals surface area (Å²) in [7, 11) is 0. The molecule has 1 aromatic carbocycles. The maximum atomic E-state index is 5.92. The minimum atomic E-state index is 0.238. The maximum absolute atomic E-state index is 5.92. The van der Waals surface area contributed by atoms with Gasteiger partial charge in [0.05, 0.1) is 18.1 Å². The Hall–Kier alpha value is -1.81. The Balaban J connectivity index is 1.87. The lowest BCUT2D eigenvalue weighted by molar-refractivity contribution is 0.217. The third-order valence-corrected chi connectivity index (χ3v) is 4.15. The van der Waals surface area contributed by atoms with Crippen molar-refractivity contribution < 1.29 is 4.74 Å². The van der Waals surface area contributed by atoms with E-state index in [9.17, 15) is 0 Å². The molecule has 2 atom stereocenters. The van der Waals surface area contributed by atoms with Crippen LogP contribution < -0.4 is 10.1 Å². The molecule has 2 unspecified atom stereocenters. The highest BCUT2D eigenvalue weighted by Gasteiger charge is 2.20. The molecule has 21 heavy (non-hydrogen) atoms. The molecule has 1 aromatic heterocycles. The molecule has 0 radical (unpaired) electrons. The van der Waals surface area contributed by atoms with E-state index in [1.54, 1.807) is 0 Å². The molecule has 2 heterocycles. The molecule has 0 aliphatic carbocycles. The number of benzene rings is 1. The summed E-state index contributed by atoms with van der Waals surface area (Å²) in [6.07, 6.45) is 6.31. The van der Waals surface area contributed by atoms with Gasteiger partial charge in [0.15, 0.2) is 0 Å². The molecule has 1 aliphatic heterocycles. The van der Waals surface area contributed by atoms with Gasteiger partial charge in [0.2, 0.25) is 0 Å². The normalized spacial score (nSPS) is 19.6. The minimum absolute atomic E-state index is 0.238. The van der Waals surface area contributed by atoms with E-state index in [1.165, 1.54) is 12.1 Å². The van der Waals surface area contributed by atoms with Crippen LogP contribution in [0.4, 0.5) is 0 Å². The van der Waals surface area contributed by atoms with Gasteiger partial charge in [-0.2, -0.15) is 0 Å². The zero-order chi connectivity index (χ0) is 14.7. The minimum Gasteiger partial charge on any atom is -0.491 e. The average Bonchev–Trinajstić information content (AvgIpc) is 3.18. The van der Waals surface area contributed by atoms with Crippen LogP contribution in [0, 0.1) is 0 Å². The zero-order valence-electron chi connectivity index (χ0n) is 12.7. The summed E-state index contributed by atoms with van der Waals surface area (Å²) < 4.78 is 8.10. The van der Waals surface area contributed by atoms with Crippen molar-refractivity contribution in [3.63, 3.8) is 0 Å². The Morgan fingerprint density at radius 3 is 3.14 bits per heavy atom. The number of aromatic nitrogens is 2. The van der Waals surface area contributed by atoms with E-state index in [4.69, 9.17) is 4.74 Å². The molecular formula is C17H23N3O. The lowest BCUT2D eigenvalue weighted by Gasteiger charge is -2.16. The Kier molecular flexibility index (Phi) is 4.25. The molecule has 1 aliphatic rings. The first-order valence-corrected chi connectivity index (χ1v) is 7.78. The summed E-state index contributed by atoms with van der Waals surface area (Å²) in [6.45, 7) is 6.36. The van der Waals surface area contributed by atoms with E-state index < -0.39 is 0 Å². The van der Waals surface area contributed by atoms with Crippen LogP contribution in [-0.2, 0) is 0 Å². The molecule has 4 nitrogen and oxygen atoms in total. The van der Waals surface area contributed by atoms with Gasteiger partial charge >= 0.3 is 0 Å². The topological polar surface area (TPSA) is 39.1 Å². The summed E-state index contributed by atoms with van der Waals surface area (Å²) in [5, 5.41) is 3.42. The van der Waals surface area contributed by atoms with Crippen molar-refractivity contribution in [3.8, 4) is 11.4 Å². The molecule has 0 saturated carbocycles. The number of hydrogen-bond acceptors (Lipinski definition) is 3. The largest absolute Gasteiger partial charge is 0.491 e. The van der Waals surface area contributed by atoms with Crippen molar-refractivity contribution in [1.29, 1.82) is 0 Å². The molecular weight excluding hydrogens is 262 g/mol. The fraction of sp³-hybridized carbons (Fsp3) is 0.471. The number of ether oxygens (including phenoxy) is 1. The van der Waals surface area contributed by atoms with Crippen LogP contribution in [-0.4, -0.2) is 28.7 Å². The van der Waals surface area contributed by atoms with Crippen molar-refractivity contribution in [2.45, 2.75) is 38.7 Å². The van der Waals surface area contributed by atoms with Crippen molar-refractivity contribution in [2.75, 3.05) is 13.1 Å². The van der Waals surface area contributed by atoms with Gasteiger partial charge in [-0.05, 0) is 38.4 Å². The Morgan fingerprint density at radius 1 is 1.48 bits per heavy atom. The summed E-state index contributed by atoms with van der Waals surface area (Å²) in [6, 6.07) is 8.27. The van der Waals surface area contributed by atoms with Gasteiger partial charge in [-0.1, -0.05) is 13.0 Å². The van der Waals surface area contributed by atoms with Crippen molar-refractivity contribution >= 4 is 0 Å². The second-order valence-electron chi connectivity index (χ2n) is 5.71. The lowest BCUT2D eigenvalue weighted by atomic mass is 10.1. The standard InChI is InChI=1S/C17H23N3O/c1-3-13(2)21-16-6-4-5-15(9-16)20-12-19-11-17(20)14-7-8-18-10-14/h4-6,9,11-14,18H,3,7-8,10H2,1-2H3. The van der Waals surface area contributed by atoms with E-state index in [2.05, 4.69) is 40.8 Å². The Bertz CT molecular complexity index is 587. The van der Waals surface area contributed by atoms with E-state index in [1.807, 2.05) is 24.7 Å². The fourth-order valence-corrected chi connectivity index (χ4v) is 2.75. The number of hydrogen-bond donors (Lipinski definition) is 1. The summed E-state index contributed by atoms with van der Waals surface area (Å²) in [4.78, 5) is 4.34. The third-order valence-electron chi connectivity index (χ3n) is 4.15. The summed E-state index contributed by atoms with van der Waals surface area (Å²) in [5.41, 5.74) is 2.40. The fourth-order valence-electron chi connectivity index (χ4n) is 2.75. The predicted molar refractivity (Wildman–Crippen MR) is 84.2 cm³/mol. The van der Waals surface area contributed by atoms with Gasteiger partial charge in [-0.3, -0.25) is 0 Å². The highest BCUT2D eigenvalue weighted by atomic mass is 16.5. The molecule has 1 N–H and O–H groups in total. The predicted octanol–water partition coefficient (Wildman–Crippen LogP) is 3.13. The number of rotatable bonds is 5. The van der Waals surface area contributed by atoms with Gasteiger partial charge in [-0.25, -0.2) is 4.98 Å². The molecule has 3 rings (SSSR count). The first kappa shape index (κ1) is 14.1. The van der Waals surface area contributed by atoms with Gasteiger partial charge in [-0.15, -0.1) is 0 Å². The molecule has 0 amide bonds. The molecule has 0 bridgehead atoms. The van der Waals surface area contributed by atoms with Crippen molar-refractivity contribution in [1.82, 2.24) is 14.9 Å². The number of nitrogens with zero attached hydrogens (tertiary/aromatic N) is 2. The highest BCUT2D eigenvalue weighted by Crippen LogP contribution is 2.26. The lowest BCUT2D eigenvalue weighted by Crippen LogP contribution is -2.11. The van der Waals surface area contributed by atoms with Crippen LogP contribution in [0.2, 0.25) is 0 Å². The number of nitrogens with one attached hydrogen (secondary N) is 1. The van der Waals surface area contributed by atoms with Crippen molar-refractivity contribution in [3.05, 3.63) is 42.5 Å². The molecule has 1 saturated heterocycles. The van der Waals surface area contributed by atoms with Crippen LogP contribution in [0.3, 0.4) is 0 Å². The highest BCUT2D eigenvalue weighted by molar-refractivity contribution is 5.41. The van der Waals surface area contributed by atoms with E-state index >= 15 is 0 Å². The van der Waals surface area contributed by atoms with Crippen LogP contribution in [0.1, 0.15) is 38.3 Å². The first-order valence-electron chi connectivity index (χ1n) is 7.78. The summed E-state index contributed by atoms with van der Waals surface area (Å²) in [5.74, 6) is 1.47. The van der Waals surface area contributed by atoms with Crippen LogP contribution in [0.25, 0.3) is 5.69 Å². The van der Waals surface area contributed by atoms with E-state index in [0.29, 0.717) is 5.92 Å². The van der Waals surface area contributed by atoms with Crippen LogP contribution >= 0.6 is 0 Å². The van der Waals surface area contributed by atoms with Gasteiger partial charge in [0.1, 0.15) is 5.75 Å². The first-order chi connectivity index (χ1) is 10.3. The van der Waals surface area contributed by atoms with Crippen molar-refractivity contribution in [2.24, 2.45) is 0 Å². The average molecular weight is 285 g/mol. The van der Waals surface area contributed by atoms with Crippen LogP contribution in [0.15, 0.2) is 36.8 Å². The van der Waals surface area contributed by atoms with Crippen LogP contribution in [0.5, 0.6) is 5.75 Å². The van der Waals surface area contributed by atoms with E-state index in [-0.39, 0.29) is 6.10 Å². The quantitative estimate of drug-likeness (QED) is 0.917. The molecule has 4 heteroatoms. The van der Waals surface area contributed by atoms with Gasteiger partial charge < -0.3 is 14.6 Å². The Labute approximate surface area is 126 Å².